The molecule has 16 heavy (non-hydrogen) atoms. The molecule has 0 aromatic carbocycles. The lowest BCUT2D eigenvalue weighted by Crippen LogP contribution is -2.33. The molecule has 0 saturated carbocycles. The topological polar surface area (TPSA) is 72.8 Å². The van der Waals surface area contributed by atoms with Crippen LogP contribution in [0, 0.1) is 5.92 Å². The maximum atomic E-state index is 11.5. The summed E-state index contributed by atoms with van der Waals surface area (Å²) in [4.78, 5) is 22.4. The molecule has 1 unspecified atom stereocenters. The summed E-state index contributed by atoms with van der Waals surface area (Å²) in [7, 11) is 0. The first-order valence-corrected chi connectivity index (χ1v) is 5.55. The van der Waals surface area contributed by atoms with Gasteiger partial charge in [0.25, 0.3) is 0 Å². The van der Waals surface area contributed by atoms with Crippen molar-refractivity contribution in [3.05, 3.63) is 0 Å². The quantitative estimate of drug-likeness (QED) is 0.718. The lowest BCUT2D eigenvalue weighted by atomic mass is 10.1. The third-order valence-electron chi connectivity index (χ3n) is 2.41. The van der Waals surface area contributed by atoms with Crippen LogP contribution in [-0.2, 0) is 19.1 Å². The van der Waals surface area contributed by atoms with E-state index in [2.05, 4.69) is 0 Å². The van der Waals surface area contributed by atoms with Crippen LogP contribution in [0.15, 0.2) is 0 Å². The Balaban J connectivity index is 2.47. The van der Waals surface area contributed by atoms with Crippen molar-refractivity contribution in [2.75, 3.05) is 6.61 Å². The van der Waals surface area contributed by atoms with Crippen LogP contribution in [-0.4, -0.2) is 35.9 Å². The van der Waals surface area contributed by atoms with E-state index in [0.717, 1.165) is 6.42 Å². The second-order valence-corrected chi connectivity index (χ2v) is 4.39. The molecule has 1 aliphatic heterocycles. The lowest BCUT2D eigenvalue weighted by molar-refractivity contribution is -0.171. The minimum absolute atomic E-state index is 0.165. The third-order valence-corrected chi connectivity index (χ3v) is 2.41. The molecule has 92 valence electrons. The number of carboxylic acids is 1. The fourth-order valence-electron chi connectivity index (χ4n) is 1.61. The van der Waals surface area contributed by atoms with E-state index in [-0.39, 0.29) is 5.92 Å². The van der Waals surface area contributed by atoms with E-state index in [4.69, 9.17) is 14.6 Å². The molecular formula is C11H18O5. The van der Waals surface area contributed by atoms with Crippen LogP contribution in [0.5, 0.6) is 0 Å². The molecule has 0 aromatic rings. The van der Waals surface area contributed by atoms with Gasteiger partial charge in [-0.15, -0.1) is 0 Å². The van der Waals surface area contributed by atoms with E-state index in [9.17, 15) is 9.59 Å². The van der Waals surface area contributed by atoms with E-state index in [1.54, 1.807) is 0 Å². The largest absolute Gasteiger partial charge is 0.479 e. The minimum Gasteiger partial charge on any atom is -0.479 e. The van der Waals surface area contributed by atoms with Crippen LogP contribution >= 0.6 is 0 Å². The van der Waals surface area contributed by atoms with Crippen molar-refractivity contribution < 1.29 is 24.2 Å². The SMILES string of the molecule is CC(C)C[C@@H](OC(=O)C1CCCO1)C(=O)O. The Kier molecular flexibility index (Phi) is 4.73. The van der Waals surface area contributed by atoms with Crippen molar-refractivity contribution in [1.82, 2.24) is 0 Å². The van der Waals surface area contributed by atoms with Gasteiger partial charge in [-0.3, -0.25) is 0 Å². The van der Waals surface area contributed by atoms with Gasteiger partial charge in [-0.1, -0.05) is 13.8 Å². The number of carbonyl (C=O) groups excluding carboxylic acids is 1. The number of aliphatic carboxylic acids is 1. The van der Waals surface area contributed by atoms with E-state index in [0.29, 0.717) is 19.4 Å². The maximum absolute atomic E-state index is 11.5. The van der Waals surface area contributed by atoms with Crippen LogP contribution in [0.3, 0.4) is 0 Å². The smallest absolute Gasteiger partial charge is 0.345 e. The van der Waals surface area contributed by atoms with Gasteiger partial charge < -0.3 is 14.6 Å². The summed E-state index contributed by atoms with van der Waals surface area (Å²) in [6, 6.07) is 0. The van der Waals surface area contributed by atoms with Crippen molar-refractivity contribution in [2.24, 2.45) is 5.92 Å². The van der Waals surface area contributed by atoms with Gasteiger partial charge in [0.2, 0.25) is 0 Å². The van der Waals surface area contributed by atoms with Crippen molar-refractivity contribution in [2.45, 2.75) is 45.3 Å². The van der Waals surface area contributed by atoms with Crippen molar-refractivity contribution in [3.8, 4) is 0 Å². The fraction of sp³-hybridized carbons (Fsp3) is 0.818. The first kappa shape index (κ1) is 13.0. The van der Waals surface area contributed by atoms with Crippen molar-refractivity contribution in [3.63, 3.8) is 0 Å². The van der Waals surface area contributed by atoms with Crippen LogP contribution in [0.1, 0.15) is 33.1 Å². The molecule has 0 spiro atoms. The van der Waals surface area contributed by atoms with E-state index < -0.39 is 24.1 Å². The molecule has 1 fully saturated rings. The lowest BCUT2D eigenvalue weighted by Gasteiger charge is -2.17. The molecule has 1 aliphatic rings. The molecular weight excluding hydrogens is 212 g/mol. The summed E-state index contributed by atoms with van der Waals surface area (Å²) < 4.78 is 10.1. The summed E-state index contributed by atoms with van der Waals surface area (Å²) in [5, 5.41) is 8.90. The summed E-state index contributed by atoms with van der Waals surface area (Å²) in [5.74, 6) is -1.48. The first-order chi connectivity index (χ1) is 7.50. The summed E-state index contributed by atoms with van der Waals surface area (Å²) in [6.07, 6.45) is 0.133. The monoisotopic (exact) mass is 230 g/mol. The highest BCUT2D eigenvalue weighted by Crippen LogP contribution is 2.16. The summed E-state index contributed by atoms with van der Waals surface area (Å²) in [6.45, 7) is 4.31. The average Bonchev–Trinajstić information content (AvgIpc) is 2.68. The van der Waals surface area contributed by atoms with Gasteiger partial charge in [-0.25, -0.2) is 9.59 Å². The Hall–Kier alpha value is -1.10. The predicted octanol–water partition coefficient (Wildman–Crippen LogP) is 1.21. The second kappa shape index (κ2) is 5.84. The van der Waals surface area contributed by atoms with Gasteiger partial charge in [0.1, 0.15) is 0 Å². The van der Waals surface area contributed by atoms with Crippen LogP contribution < -0.4 is 0 Å². The van der Waals surface area contributed by atoms with Gasteiger partial charge in [-0.2, -0.15) is 0 Å². The number of rotatable bonds is 5. The molecule has 0 amide bonds. The number of hydrogen-bond acceptors (Lipinski definition) is 4. The number of esters is 1. The van der Waals surface area contributed by atoms with Crippen LogP contribution in [0.2, 0.25) is 0 Å². The molecule has 5 nitrogen and oxygen atoms in total. The zero-order chi connectivity index (χ0) is 12.1. The molecule has 1 rings (SSSR count). The Morgan fingerprint density at radius 3 is 2.62 bits per heavy atom. The highest BCUT2D eigenvalue weighted by molar-refractivity contribution is 5.80. The third kappa shape index (κ3) is 3.81. The highest BCUT2D eigenvalue weighted by Gasteiger charge is 2.30. The Morgan fingerprint density at radius 1 is 1.50 bits per heavy atom. The minimum atomic E-state index is -1.10. The Morgan fingerprint density at radius 2 is 2.19 bits per heavy atom. The fourth-order valence-corrected chi connectivity index (χ4v) is 1.61. The van der Waals surface area contributed by atoms with E-state index >= 15 is 0 Å². The maximum Gasteiger partial charge on any atom is 0.345 e. The second-order valence-electron chi connectivity index (χ2n) is 4.39. The molecule has 0 aliphatic carbocycles. The predicted molar refractivity (Wildman–Crippen MR) is 55.9 cm³/mol. The van der Waals surface area contributed by atoms with Crippen LogP contribution in [0.25, 0.3) is 0 Å². The number of hydrogen-bond donors (Lipinski definition) is 1. The van der Waals surface area contributed by atoms with E-state index in [1.807, 2.05) is 13.8 Å². The Bertz CT molecular complexity index is 255. The van der Waals surface area contributed by atoms with Crippen molar-refractivity contribution >= 4 is 11.9 Å². The zero-order valence-electron chi connectivity index (χ0n) is 9.64. The molecule has 0 aromatic heterocycles. The normalized spacial score (nSPS) is 22.1. The first-order valence-electron chi connectivity index (χ1n) is 5.55. The van der Waals surface area contributed by atoms with E-state index in [1.165, 1.54) is 0 Å². The average molecular weight is 230 g/mol. The Labute approximate surface area is 94.7 Å². The number of carboxylic acid groups (broad SMARTS) is 1. The standard InChI is InChI=1S/C11H18O5/c1-7(2)6-9(10(12)13)16-11(14)8-4-3-5-15-8/h7-9H,3-6H2,1-2H3,(H,12,13)/t8?,9-/m1/s1. The zero-order valence-corrected chi connectivity index (χ0v) is 9.64. The van der Waals surface area contributed by atoms with Crippen LogP contribution in [0.4, 0.5) is 0 Å². The van der Waals surface area contributed by atoms with Gasteiger partial charge in [0, 0.05) is 6.61 Å². The van der Waals surface area contributed by atoms with Gasteiger partial charge in [0.15, 0.2) is 12.2 Å². The molecule has 2 atom stereocenters. The number of ether oxygens (including phenoxy) is 2. The molecule has 1 heterocycles. The molecule has 1 saturated heterocycles. The molecule has 5 heteroatoms. The van der Waals surface area contributed by atoms with Gasteiger partial charge >= 0.3 is 11.9 Å². The number of carbonyl (C=O) groups is 2. The molecule has 0 bridgehead atoms. The van der Waals surface area contributed by atoms with Gasteiger partial charge in [-0.05, 0) is 25.2 Å². The van der Waals surface area contributed by atoms with Crippen molar-refractivity contribution in [1.29, 1.82) is 0 Å². The highest BCUT2D eigenvalue weighted by atomic mass is 16.6. The van der Waals surface area contributed by atoms with Gasteiger partial charge in [0.05, 0.1) is 0 Å². The summed E-state index contributed by atoms with van der Waals surface area (Å²) in [5.41, 5.74) is 0. The summed E-state index contributed by atoms with van der Waals surface area (Å²) >= 11 is 0. The molecule has 1 N–H and O–H groups in total. The molecule has 0 radical (unpaired) electrons.